The second kappa shape index (κ2) is 6.23. The first-order valence-electron chi connectivity index (χ1n) is 6.30. The number of carbonyl (C=O) groups is 1. The van der Waals surface area contributed by atoms with E-state index >= 15 is 0 Å². The molecular weight excluding hydrogens is 359 g/mol. The third kappa shape index (κ3) is 3.30. The first kappa shape index (κ1) is 14.6. The fourth-order valence-corrected chi connectivity index (χ4v) is 2.16. The third-order valence-corrected chi connectivity index (χ3v) is 3.31. The number of benzene rings is 2. The van der Waals surface area contributed by atoms with Crippen LogP contribution in [0, 0.1) is 5.82 Å². The van der Waals surface area contributed by atoms with Gasteiger partial charge in [-0.2, -0.15) is 0 Å². The highest BCUT2D eigenvalue weighted by molar-refractivity contribution is 9.10. The molecule has 114 valence electrons. The average Bonchev–Trinajstić information content (AvgIpc) is 2.94. The zero-order valence-electron chi connectivity index (χ0n) is 11.2. The monoisotopic (exact) mass is 368 g/mol. The van der Waals surface area contributed by atoms with Crippen LogP contribution < -0.4 is 18.9 Å². The molecule has 0 aromatic heterocycles. The first-order chi connectivity index (χ1) is 10.6. The minimum atomic E-state index is -0.652. The van der Waals surface area contributed by atoms with Crippen molar-refractivity contribution >= 4 is 21.9 Å². The Labute approximate surface area is 133 Å². The Bertz CT molecular complexity index is 719. The normalized spacial score (nSPS) is 12.1. The summed E-state index contributed by atoms with van der Waals surface area (Å²) in [4.78, 5) is 11.7. The summed E-state index contributed by atoms with van der Waals surface area (Å²) >= 11 is 3.14. The Morgan fingerprint density at radius 1 is 1.18 bits per heavy atom. The van der Waals surface area contributed by atoms with Crippen molar-refractivity contribution in [1.29, 1.82) is 0 Å². The zero-order valence-corrected chi connectivity index (χ0v) is 12.8. The molecule has 0 atom stereocenters. The van der Waals surface area contributed by atoms with Crippen molar-refractivity contribution in [2.24, 2.45) is 0 Å². The molecule has 3 rings (SSSR count). The summed E-state index contributed by atoms with van der Waals surface area (Å²) < 4.78 is 34.6. The van der Waals surface area contributed by atoms with Crippen molar-refractivity contribution in [2.75, 3.05) is 13.4 Å². The molecule has 0 saturated heterocycles. The highest BCUT2D eigenvalue weighted by atomic mass is 79.9. The maximum Gasteiger partial charge on any atom is 0.349 e. The van der Waals surface area contributed by atoms with Crippen LogP contribution in [0.3, 0.4) is 0 Å². The lowest BCUT2D eigenvalue weighted by atomic mass is 10.3. The summed E-state index contributed by atoms with van der Waals surface area (Å²) in [5, 5.41) is 0. The first-order valence-corrected chi connectivity index (χ1v) is 7.09. The molecule has 0 bridgehead atoms. The third-order valence-electron chi connectivity index (χ3n) is 2.82. The topological polar surface area (TPSA) is 54.0 Å². The lowest BCUT2D eigenvalue weighted by molar-refractivity contribution is -0.136. The van der Waals surface area contributed by atoms with Crippen molar-refractivity contribution in [3.63, 3.8) is 0 Å². The lowest BCUT2D eigenvalue weighted by Gasteiger charge is -2.08. The summed E-state index contributed by atoms with van der Waals surface area (Å²) in [6.07, 6.45) is 0. The van der Waals surface area contributed by atoms with Crippen LogP contribution in [0.15, 0.2) is 40.9 Å². The molecule has 1 heterocycles. The van der Waals surface area contributed by atoms with Crippen LogP contribution in [-0.2, 0) is 4.79 Å². The van der Waals surface area contributed by atoms with Gasteiger partial charge >= 0.3 is 5.97 Å². The molecule has 5 nitrogen and oxygen atoms in total. The van der Waals surface area contributed by atoms with E-state index in [1.807, 2.05) is 0 Å². The van der Waals surface area contributed by atoms with Crippen molar-refractivity contribution in [2.45, 2.75) is 0 Å². The number of hydrogen-bond donors (Lipinski definition) is 0. The minimum Gasteiger partial charge on any atom is -0.479 e. The maximum atomic E-state index is 13.5. The fourth-order valence-electron chi connectivity index (χ4n) is 1.83. The van der Waals surface area contributed by atoms with Crippen molar-refractivity contribution in [1.82, 2.24) is 0 Å². The second-order valence-electron chi connectivity index (χ2n) is 4.35. The number of hydrogen-bond acceptors (Lipinski definition) is 5. The molecule has 2 aromatic carbocycles. The molecule has 0 aliphatic carbocycles. The molecular formula is C15H10BrFO5. The van der Waals surface area contributed by atoms with Gasteiger partial charge in [-0.3, -0.25) is 0 Å². The Hall–Kier alpha value is -2.28. The van der Waals surface area contributed by atoms with E-state index in [2.05, 4.69) is 15.9 Å². The van der Waals surface area contributed by atoms with E-state index in [1.165, 1.54) is 12.1 Å². The van der Waals surface area contributed by atoms with Gasteiger partial charge in [-0.25, -0.2) is 9.18 Å². The lowest BCUT2D eigenvalue weighted by Crippen LogP contribution is -2.18. The maximum absolute atomic E-state index is 13.5. The molecule has 0 unspecified atom stereocenters. The zero-order chi connectivity index (χ0) is 15.5. The molecule has 0 spiro atoms. The van der Waals surface area contributed by atoms with Crippen molar-refractivity contribution in [3.05, 3.63) is 46.7 Å². The van der Waals surface area contributed by atoms with Gasteiger partial charge in [-0.05, 0) is 30.3 Å². The highest BCUT2D eigenvalue weighted by Gasteiger charge is 2.15. The summed E-state index contributed by atoms with van der Waals surface area (Å²) in [6, 6.07) is 9.04. The van der Waals surface area contributed by atoms with Crippen LogP contribution in [0.4, 0.5) is 4.39 Å². The van der Waals surface area contributed by atoms with Crippen LogP contribution in [-0.4, -0.2) is 19.4 Å². The average molecular weight is 369 g/mol. The summed E-state index contributed by atoms with van der Waals surface area (Å²) in [6.45, 7) is -0.272. The van der Waals surface area contributed by atoms with Crippen LogP contribution in [0.25, 0.3) is 0 Å². The molecule has 1 aliphatic rings. The van der Waals surface area contributed by atoms with Crippen molar-refractivity contribution < 1.29 is 28.1 Å². The largest absolute Gasteiger partial charge is 0.479 e. The van der Waals surface area contributed by atoms with E-state index in [4.69, 9.17) is 18.9 Å². The van der Waals surface area contributed by atoms with Crippen LogP contribution in [0.2, 0.25) is 0 Å². The molecule has 0 amide bonds. The molecule has 0 fully saturated rings. The fraction of sp³-hybridized carbons (Fsp3) is 0.133. The SMILES string of the molecule is O=C(COc1ccc(Br)cc1F)Oc1ccc2c(c1)OCO2. The number of fused-ring (bicyclic) bond motifs is 1. The number of rotatable bonds is 4. The van der Waals surface area contributed by atoms with Gasteiger partial charge in [0.15, 0.2) is 29.7 Å². The summed E-state index contributed by atoms with van der Waals surface area (Å²) in [7, 11) is 0. The summed E-state index contributed by atoms with van der Waals surface area (Å²) in [5.41, 5.74) is 0. The molecule has 22 heavy (non-hydrogen) atoms. The quantitative estimate of drug-likeness (QED) is 0.612. The number of ether oxygens (including phenoxy) is 4. The van der Waals surface area contributed by atoms with E-state index in [0.29, 0.717) is 21.7 Å². The molecule has 0 saturated carbocycles. The van der Waals surface area contributed by atoms with Crippen LogP contribution in [0.5, 0.6) is 23.0 Å². The number of esters is 1. The van der Waals surface area contributed by atoms with Gasteiger partial charge in [0.25, 0.3) is 0 Å². The van der Waals surface area contributed by atoms with Gasteiger partial charge < -0.3 is 18.9 Å². The molecule has 2 aromatic rings. The second-order valence-corrected chi connectivity index (χ2v) is 5.27. The van der Waals surface area contributed by atoms with E-state index in [0.717, 1.165) is 0 Å². The Morgan fingerprint density at radius 3 is 2.82 bits per heavy atom. The van der Waals surface area contributed by atoms with E-state index in [9.17, 15) is 9.18 Å². The van der Waals surface area contributed by atoms with Gasteiger partial charge in [0.2, 0.25) is 6.79 Å². The van der Waals surface area contributed by atoms with Crippen LogP contribution in [0.1, 0.15) is 0 Å². The molecule has 1 aliphatic heterocycles. The number of carbonyl (C=O) groups excluding carboxylic acids is 1. The van der Waals surface area contributed by atoms with Gasteiger partial charge in [0.1, 0.15) is 5.75 Å². The van der Waals surface area contributed by atoms with E-state index < -0.39 is 18.4 Å². The molecule has 7 heteroatoms. The number of halogens is 2. The van der Waals surface area contributed by atoms with Gasteiger partial charge in [0, 0.05) is 10.5 Å². The van der Waals surface area contributed by atoms with Gasteiger partial charge in [-0.15, -0.1) is 0 Å². The Morgan fingerprint density at radius 2 is 2.00 bits per heavy atom. The van der Waals surface area contributed by atoms with Crippen LogP contribution >= 0.6 is 15.9 Å². The molecule has 0 radical (unpaired) electrons. The van der Waals surface area contributed by atoms with E-state index in [-0.39, 0.29) is 12.5 Å². The van der Waals surface area contributed by atoms with Crippen molar-refractivity contribution in [3.8, 4) is 23.0 Å². The highest BCUT2D eigenvalue weighted by Crippen LogP contribution is 2.35. The standard InChI is InChI=1S/C15H10BrFO5/c16-9-1-3-12(11(17)5-9)19-7-15(18)22-10-2-4-13-14(6-10)21-8-20-13/h1-6H,7-8H2. The Kier molecular flexibility index (Phi) is 4.15. The van der Waals surface area contributed by atoms with Gasteiger partial charge in [0.05, 0.1) is 0 Å². The smallest absolute Gasteiger partial charge is 0.349 e. The summed E-state index contributed by atoms with van der Waals surface area (Å²) in [5.74, 6) is 0.157. The predicted molar refractivity (Wildman–Crippen MR) is 77.8 cm³/mol. The Balaban J connectivity index is 1.58. The van der Waals surface area contributed by atoms with Gasteiger partial charge in [-0.1, -0.05) is 15.9 Å². The van der Waals surface area contributed by atoms with E-state index in [1.54, 1.807) is 24.3 Å². The molecule has 0 N–H and O–H groups in total. The predicted octanol–water partition coefficient (Wildman–Crippen LogP) is 3.30. The minimum absolute atomic E-state index is 0.0224.